The van der Waals surface area contributed by atoms with Crippen molar-refractivity contribution in [3.05, 3.63) is 70.2 Å². The zero-order valence-electron chi connectivity index (χ0n) is 10.6. The van der Waals surface area contributed by atoms with Gasteiger partial charge in [0.2, 0.25) is 5.78 Å². The van der Waals surface area contributed by atoms with Crippen LogP contribution in [0.25, 0.3) is 0 Å². The molecule has 21 heavy (non-hydrogen) atoms. The molecular weight excluding hydrogens is 290 g/mol. The average Bonchev–Trinajstić information content (AvgIpc) is 2.95. The summed E-state index contributed by atoms with van der Waals surface area (Å²) in [6.07, 6.45) is 3.04. The number of anilines is 1. The van der Waals surface area contributed by atoms with Gasteiger partial charge in [-0.2, -0.15) is 0 Å². The van der Waals surface area contributed by atoms with E-state index in [4.69, 9.17) is 12.2 Å². The lowest BCUT2D eigenvalue weighted by molar-refractivity contribution is -0.383. The number of benzene rings is 1. The molecule has 1 aliphatic rings. The second-order valence-corrected chi connectivity index (χ2v) is 4.78. The van der Waals surface area contributed by atoms with E-state index in [1.54, 1.807) is 41.1 Å². The number of nitrogens with one attached hydrogen (secondary N) is 1. The fourth-order valence-corrected chi connectivity index (χ4v) is 2.40. The molecule has 2 heterocycles. The molecule has 0 fully saturated rings. The normalized spacial score (nSPS) is 13.6. The predicted molar refractivity (Wildman–Crippen MR) is 81.6 cm³/mol. The van der Waals surface area contributed by atoms with Gasteiger partial charge in [-0.1, -0.05) is 24.4 Å². The number of rotatable bonds is 3. The molecule has 0 aliphatic carbocycles. The highest BCUT2D eigenvalue weighted by Crippen LogP contribution is 2.26. The summed E-state index contributed by atoms with van der Waals surface area (Å²) >= 11 is 5.31. The number of thiocarbonyl (C=S) groups is 1. The van der Waals surface area contributed by atoms with Gasteiger partial charge in [0, 0.05) is 18.3 Å². The number of fused-ring (bicyclic) bond motifs is 1. The van der Waals surface area contributed by atoms with Crippen LogP contribution in [0, 0.1) is 10.1 Å². The van der Waals surface area contributed by atoms with E-state index in [0.717, 1.165) is 0 Å². The molecule has 6 nitrogen and oxygen atoms in total. The molecule has 1 aliphatic heterocycles. The van der Waals surface area contributed by atoms with Crippen LogP contribution in [0.5, 0.6) is 0 Å². The maximum Gasteiger partial charge on any atom is 0.292 e. The average molecular weight is 299 g/mol. The minimum absolute atomic E-state index is 0.0769. The van der Waals surface area contributed by atoms with Gasteiger partial charge in [-0.15, -0.1) is 0 Å². The first-order valence-electron chi connectivity index (χ1n) is 6.06. The Labute approximate surface area is 124 Å². The van der Waals surface area contributed by atoms with Crippen LogP contribution >= 0.6 is 12.2 Å². The van der Waals surface area contributed by atoms with Gasteiger partial charge in [-0.3, -0.25) is 14.9 Å². The highest BCUT2D eigenvalue weighted by atomic mass is 32.1. The number of nitro groups is 1. The van der Waals surface area contributed by atoms with E-state index in [0.29, 0.717) is 22.1 Å². The Balaban J connectivity index is 1.98. The Morgan fingerprint density at radius 2 is 1.95 bits per heavy atom. The highest BCUT2D eigenvalue weighted by Gasteiger charge is 2.23. The van der Waals surface area contributed by atoms with Crippen molar-refractivity contribution >= 4 is 34.4 Å². The largest absolute Gasteiger partial charge is 0.347 e. The molecule has 1 aromatic carbocycles. The van der Waals surface area contributed by atoms with Crippen molar-refractivity contribution in [1.29, 1.82) is 0 Å². The zero-order chi connectivity index (χ0) is 15.0. The first-order valence-corrected chi connectivity index (χ1v) is 6.47. The van der Waals surface area contributed by atoms with Crippen molar-refractivity contribution < 1.29 is 9.72 Å². The molecule has 1 N–H and O–H groups in total. The van der Waals surface area contributed by atoms with Crippen LogP contribution in [0.3, 0.4) is 0 Å². The second-order valence-electron chi connectivity index (χ2n) is 4.39. The Morgan fingerprint density at radius 3 is 2.71 bits per heavy atom. The van der Waals surface area contributed by atoms with E-state index in [1.165, 1.54) is 12.1 Å². The Bertz CT molecular complexity index is 807. The van der Waals surface area contributed by atoms with Gasteiger partial charge in [0.15, 0.2) is 0 Å². The Morgan fingerprint density at radius 1 is 1.19 bits per heavy atom. The third-order valence-corrected chi connectivity index (χ3v) is 3.51. The highest BCUT2D eigenvalue weighted by molar-refractivity contribution is 7.80. The predicted octanol–water partition coefficient (Wildman–Crippen LogP) is 2.76. The van der Waals surface area contributed by atoms with E-state index < -0.39 is 4.92 Å². The fourth-order valence-electron chi connectivity index (χ4n) is 2.13. The van der Waals surface area contributed by atoms with Crippen LogP contribution in [-0.2, 0) is 0 Å². The van der Waals surface area contributed by atoms with Crippen LogP contribution in [0.4, 0.5) is 11.4 Å². The van der Waals surface area contributed by atoms with E-state index in [1.807, 2.05) is 0 Å². The second kappa shape index (κ2) is 4.95. The van der Waals surface area contributed by atoms with Crippen molar-refractivity contribution in [2.75, 3.05) is 5.32 Å². The number of ketones is 1. The van der Waals surface area contributed by atoms with Gasteiger partial charge < -0.3 is 9.88 Å². The molecule has 1 aromatic heterocycles. The number of para-hydroxylation sites is 2. The molecule has 0 bridgehead atoms. The third-order valence-electron chi connectivity index (χ3n) is 3.10. The van der Waals surface area contributed by atoms with Gasteiger partial charge >= 0.3 is 0 Å². The van der Waals surface area contributed by atoms with Crippen LogP contribution in [0.2, 0.25) is 0 Å². The van der Waals surface area contributed by atoms with Crippen molar-refractivity contribution in [1.82, 2.24) is 4.57 Å². The van der Waals surface area contributed by atoms with Crippen LogP contribution in [0.1, 0.15) is 10.5 Å². The number of nitro benzene ring substituents is 1. The molecule has 0 atom stereocenters. The summed E-state index contributed by atoms with van der Waals surface area (Å²) in [6.45, 7) is 0. The maximum absolute atomic E-state index is 12.0. The molecule has 0 saturated carbocycles. The smallest absolute Gasteiger partial charge is 0.292 e. The molecule has 2 aromatic rings. The van der Waals surface area contributed by atoms with E-state index in [9.17, 15) is 14.9 Å². The van der Waals surface area contributed by atoms with E-state index in [2.05, 4.69) is 5.32 Å². The van der Waals surface area contributed by atoms with Crippen molar-refractivity contribution in [3.63, 3.8) is 0 Å². The Kier molecular flexibility index (Phi) is 3.11. The summed E-state index contributed by atoms with van der Waals surface area (Å²) < 4.78 is 1.58. The lowest BCUT2D eigenvalue weighted by Gasteiger charge is -2.18. The lowest BCUT2D eigenvalue weighted by atomic mass is 10.1. The van der Waals surface area contributed by atoms with Crippen molar-refractivity contribution in [3.8, 4) is 0 Å². The molecule has 0 amide bonds. The van der Waals surface area contributed by atoms with Gasteiger partial charge in [-0.05, 0) is 18.2 Å². The first kappa shape index (κ1) is 13.2. The van der Waals surface area contributed by atoms with Crippen molar-refractivity contribution in [2.24, 2.45) is 0 Å². The summed E-state index contributed by atoms with van der Waals surface area (Å²) in [6, 6.07) is 9.60. The quantitative estimate of drug-likeness (QED) is 0.535. The van der Waals surface area contributed by atoms with E-state index >= 15 is 0 Å². The maximum atomic E-state index is 12.0. The number of nitrogens with zero attached hydrogens (tertiary/aromatic N) is 2. The summed E-state index contributed by atoms with van der Waals surface area (Å²) in [4.78, 5) is 22.9. The van der Waals surface area contributed by atoms with Gasteiger partial charge in [0.25, 0.3) is 5.69 Å². The number of hydrogen-bond acceptors (Lipinski definition) is 5. The molecule has 0 saturated heterocycles. The standard InChI is InChI=1S/C14H9N3O3S/c18-13-8-10(14(21)16-7-3-6-12(13)16)15-9-4-1-2-5-11(9)17(19)20/h1-8,15H. The number of allylic oxidation sites excluding steroid dienone is 2. The molecule has 7 heteroatoms. The number of carbonyl (C=O) groups excluding carboxylic acids is 1. The first-order chi connectivity index (χ1) is 10.1. The molecule has 0 radical (unpaired) electrons. The van der Waals surface area contributed by atoms with Gasteiger partial charge in [0.05, 0.1) is 16.3 Å². The number of aromatic nitrogens is 1. The Hall–Kier alpha value is -2.80. The minimum atomic E-state index is -0.488. The molecule has 3 rings (SSSR count). The molecule has 0 spiro atoms. The minimum Gasteiger partial charge on any atom is -0.347 e. The zero-order valence-corrected chi connectivity index (χ0v) is 11.5. The van der Waals surface area contributed by atoms with Crippen LogP contribution < -0.4 is 5.32 Å². The summed E-state index contributed by atoms with van der Waals surface area (Å²) in [5.74, 6) is -0.199. The summed E-state index contributed by atoms with van der Waals surface area (Å²) in [5, 5.41) is 13.9. The summed E-state index contributed by atoms with van der Waals surface area (Å²) in [5.41, 5.74) is 1.06. The lowest BCUT2D eigenvalue weighted by Crippen LogP contribution is -2.26. The number of hydrogen-bond donors (Lipinski definition) is 1. The third kappa shape index (κ3) is 2.23. The van der Waals surface area contributed by atoms with Gasteiger partial charge in [-0.25, -0.2) is 0 Å². The van der Waals surface area contributed by atoms with Crippen LogP contribution in [0.15, 0.2) is 54.4 Å². The van der Waals surface area contributed by atoms with Gasteiger partial charge in [0.1, 0.15) is 10.7 Å². The fraction of sp³-hybridized carbons (Fsp3) is 0. The molecule has 0 unspecified atom stereocenters. The molecular formula is C14H9N3O3S. The topological polar surface area (TPSA) is 77.2 Å². The monoisotopic (exact) mass is 299 g/mol. The van der Waals surface area contributed by atoms with Crippen LogP contribution in [-0.4, -0.2) is 20.3 Å². The number of carbonyl (C=O) groups is 1. The van der Waals surface area contributed by atoms with Crippen molar-refractivity contribution in [2.45, 2.75) is 0 Å². The SMILES string of the molecule is O=C1C=C(Nc2ccccc2[N+](=O)[O-])C(=S)n2cccc21. The molecule has 104 valence electrons. The van der Waals surface area contributed by atoms with E-state index in [-0.39, 0.29) is 11.5 Å². The summed E-state index contributed by atoms with van der Waals surface area (Å²) in [7, 11) is 0.